The number of carboxylic acid groups (broad SMARTS) is 1. The number of carbonyl (C=O) groups excluding carboxylic acids is 1. The molecule has 23 heavy (non-hydrogen) atoms. The van der Waals surface area contributed by atoms with Crippen molar-refractivity contribution >= 4 is 17.6 Å². The third kappa shape index (κ3) is 1.71. The Morgan fingerprint density at radius 3 is 2.78 bits per heavy atom. The van der Waals surface area contributed by atoms with E-state index in [1.54, 1.807) is 17.1 Å². The molecular weight excluding hydrogens is 294 g/mol. The molecule has 2 fully saturated rings. The zero-order chi connectivity index (χ0) is 16.2. The highest BCUT2D eigenvalue weighted by atomic mass is 16.5. The number of para-hydroxylation sites is 1. The fourth-order valence-electron chi connectivity index (χ4n) is 4.27. The van der Waals surface area contributed by atoms with Gasteiger partial charge < -0.3 is 14.7 Å². The predicted molar refractivity (Wildman–Crippen MR) is 83.9 cm³/mol. The number of ether oxygens (including phenoxy) is 1. The number of hydrogen-bond donors (Lipinski definition) is 1. The van der Waals surface area contributed by atoms with Gasteiger partial charge in [-0.1, -0.05) is 36.4 Å². The number of carboxylic acids is 1. The first-order valence-electron chi connectivity index (χ1n) is 7.69. The second-order valence-electron chi connectivity index (χ2n) is 6.22. The van der Waals surface area contributed by atoms with Crippen molar-refractivity contribution in [2.45, 2.75) is 24.2 Å². The normalized spacial score (nSPS) is 37.2. The van der Waals surface area contributed by atoms with Crippen molar-refractivity contribution in [3.05, 3.63) is 55.1 Å². The van der Waals surface area contributed by atoms with Gasteiger partial charge in [-0.25, -0.2) is 0 Å². The van der Waals surface area contributed by atoms with Gasteiger partial charge in [0.2, 0.25) is 5.91 Å². The molecular formula is C18H17NO4. The summed E-state index contributed by atoms with van der Waals surface area (Å²) in [6, 6.07) is 9.05. The fraction of sp³-hybridized carbons (Fsp3) is 0.333. The molecule has 1 aromatic carbocycles. The SMILES string of the molecule is C=CC[C@@H]1N(c2ccccc2)C(=O)[C@H]2[C@@H](C(=O)O)[C@H]3C=C[C@@]12O3. The van der Waals surface area contributed by atoms with Gasteiger partial charge in [0.25, 0.3) is 0 Å². The molecule has 1 amide bonds. The van der Waals surface area contributed by atoms with Gasteiger partial charge in [0.15, 0.2) is 0 Å². The highest BCUT2D eigenvalue weighted by Crippen LogP contribution is 2.56. The van der Waals surface area contributed by atoms with Gasteiger partial charge in [-0.2, -0.15) is 0 Å². The molecule has 3 heterocycles. The van der Waals surface area contributed by atoms with E-state index in [9.17, 15) is 14.7 Å². The van der Waals surface area contributed by atoms with Gasteiger partial charge in [0.05, 0.1) is 18.1 Å². The van der Waals surface area contributed by atoms with Crippen LogP contribution in [0.1, 0.15) is 6.42 Å². The summed E-state index contributed by atoms with van der Waals surface area (Å²) in [6.45, 7) is 3.79. The quantitative estimate of drug-likeness (QED) is 0.864. The maximum Gasteiger partial charge on any atom is 0.310 e. The van der Waals surface area contributed by atoms with E-state index in [2.05, 4.69) is 6.58 Å². The Morgan fingerprint density at radius 2 is 2.13 bits per heavy atom. The topological polar surface area (TPSA) is 66.8 Å². The zero-order valence-corrected chi connectivity index (χ0v) is 12.5. The Bertz CT molecular complexity index is 713. The average molecular weight is 311 g/mol. The Morgan fingerprint density at radius 1 is 1.39 bits per heavy atom. The van der Waals surface area contributed by atoms with E-state index in [4.69, 9.17) is 4.74 Å². The molecule has 3 aliphatic rings. The molecule has 0 aromatic heterocycles. The van der Waals surface area contributed by atoms with Crippen LogP contribution in [0.5, 0.6) is 0 Å². The molecule has 5 atom stereocenters. The van der Waals surface area contributed by atoms with Crippen molar-refractivity contribution in [3.63, 3.8) is 0 Å². The monoisotopic (exact) mass is 311 g/mol. The first-order valence-corrected chi connectivity index (χ1v) is 7.69. The summed E-state index contributed by atoms with van der Waals surface area (Å²) in [4.78, 5) is 26.5. The van der Waals surface area contributed by atoms with E-state index in [1.165, 1.54) is 0 Å². The third-order valence-electron chi connectivity index (χ3n) is 5.13. The van der Waals surface area contributed by atoms with Crippen LogP contribution in [0.3, 0.4) is 0 Å². The molecule has 1 N–H and O–H groups in total. The number of amides is 1. The Kier molecular flexibility index (Phi) is 2.96. The van der Waals surface area contributed by atoms with Crippen molar-refractivity contribution in [2.75, 3.05) is 4.90 Å². The molecule has 5 heteroatoms. The van der Waals surface area contributed by atoms with Crippen LogP contribution in [0.2, 0.25) is 0 Å². The molecule has 3 aliphatic heterocycles. The molecule has 5 nitrogen and oxygen atoms in total. The standard InChI is InChI=1S/C18H17NO4/c1-2-6-13-18-10-9-12(23-18)14(17(21)22)15(18)16(20)19(13)11-7-4-3-5-8-11/h2-5,7-10,12-15H,1,6H2,(H,21,22)/t12-,13+,14+,15-,18-/m1/s1. The van der Waals surface area contributed by atoms with Gasteiger partial charge in [-0.05, 0) is 18.6 Å². The summed E-state index contributed by atoms with van der Waals surface area (Å²) in [6.07, 6.45) is 5.44. The summed E-state index contributed by atoms with van der Waals surface area (Å²) in [7, 11) is 0. The first kappa shape index (κ1) is 14.2. The predicted octanol–water partition coefficient (Wildman–Crippen LogP) is 2.00. The van der Waals surface area contributed by atoms with Crippen molar-refractivity contribution < 1.29 is 19.4 Å². The summed E-state index contributed by atoms with van der Waals surface area (Å²) in [5, 5.41) is 9.57. The Labute approximate surface area is 133 Å². The zero-order valence-electron chi connectivity index (χ0n) is 12.5. The van der Waals surface area contributed by atoms with E-state index in [0.29, 0.717) is 6.42 Å². The number of carbonyl (C=O) groups is 2. The summed E-state index contributed by atoms with van der Waals surface area (Å²) < 4.78 is 6.04. The minimum Gasteiger partial charge on any atom is -0.481 e. The van der Waals surface area contributed by atoms with Gasteiger partial charge >= 0.3 is 5.97 Å². The second kappa shape index (κ2) is 4.80. The lowest BCUT2D eigenvalue weighted by Gasteiger charge is -2.32. The fourth-order valence-corrected chi connectivity index (χ4v) is 4.27. The highest BCUT2D eigenvalue weighted by molar-refractivity contribution is 6.03. The van der Waals surface area contributed by atoms with Gasteiger partial charge in [-0.15, -0.1) is 6.58 Å². The molecule has 0 aliphatic carbocycles. The third-order valence-corrected chi connectivity index (χ3v) is 5.13. The van der Waals surface area contributed by atoms with Crippen LogP contribution >= 0.6 is 0 Å². The van der Waals surface area contributed by atoms with Crippen molar-refractivity contribution in [1.82, 2.24) is 0 Å². The number of hydrogen-bond acceptors (Lipinski definition) is 3. The van der Waals surface area contributed by atoms with Gasteiger partial charge in [-0.3, -0.25) is 9.59 Å². The lowest BCUT2D eigenvalue weighted by molar-refractivity contribution is -0.146. The summed E-state index contributed by atoms with van der Waals surface area (Å²) in [5.41, 5.74) is -0.104. The number of anilines is 1. The van der Waals surface area contributed by atoms with E-state index in [0.717, 1.165) is 5.69 Å². The molecule has 118 valence electrons. The van der Waals surface area contributed by atoms with E-state index >= 15 is 0 Å². The van der Waals surface area contributed by atoms with Crippen LogP contribution in [-0.2, 0) is 14.3 Å². The van der Waals surface area contributed by atoms with Crippen molar-refractivity contribution in [1.29, 1.82) is 0 Å². The van der Waals surface area contributed by atoms with Crippen molar-refractivity contribution in [3.8, 4) is 0 Å². The number of aliphatic carboxylic acids is 1. The molecule has 1 aromatic rings. The Hall–Kier alpha value is -2.40. The minimum atomic E-state index is -0.980. The molecule has 2 saturated heterocycles. The maximum atomic E-state index is 13.1. The Balaban J connectivity index is 1.85. The molecule has 1 spiro atoms. The van der Waals surface area contributed by atoms with Crippen LogP contribution in [-0.4, -0.2) is 34.7 Å². The van der Waals surface area contributed by atoms with Crippen molar-refractivity contribution in [2.24, 2.45) is 11.8 Å². The lowest BCUT2D eigenvalue weighted by atomic mass is 9.74. The molecule has 0 saturated carbocycles. The van der Waals surface area contributed by atoms with Crippen LogP contribution in [0.25, 0.3) is 0 Å². The smallest absolute Gasteiger partial charge is 0.310 e. The number of benzene rings is 1. The summed E-state index contributed by atoms with van der Waals surface area (Å²) >= 11 is 0. The molecule has 4 rings (SSSR count). The van der Waals surface area contributed by atoms with E-state index in [-0.39, 0.29) is 11.9 Å². The van der Waals surface area contributed by atoms with Crippen LogP contribution in [0.4, 0.5) is 5.69 Å². The van der Waals surface area contributed by atoms with Crippen LogP contribution in [0.15, 0.2) is 55.1 Å². The number of fused-ring (bicyclic) bond motifs is 1. The minimum absolute atomic E-state index is 0.178. The molecule has 0 radical (unpaired) electrons. The maximum absolute atomic E-state index is 13.1. The van der Waals surface area contributed by atoms with Gasteiger partial charge in [0, 0.05) is 5.69 Å². The number of nitrogens with zero attached hydrogens (tertiary/aromatic N) is 1. The largest absolute Gasteiger partial charge is 0.481 e. The second-order valence-corrected chi connectivity index (χ2v) is 6.22. The van der Waals surface area contributed by atoms with Crippen LogP contribution < -0.4 is 4.90 Å². The molecule has 0 unspecified atom stereocenters. The highest BCUT2D eigenvalue weighted by Gasteiger charge is 2.71. The van der Waals surface area contributed by atoms with Crippen LogP contribution in [0, 0.1) is 11.8 Å². The lowest BCUT2D eigenvalue weighted by Crippen LogP contribution is -2.45. The van der Waals surface area contributed by atoms with E-state index < -0.39 is 29.5 Å². The summed E-state index contributed by atoms with van der Waals surface area (Å²) in [5.74, 6) is -2.66. The average Bonchev–Trinajstić information content (AvgIpc) is 3.18. The van der Waals surface area contributed by atoms with Gasteiger partial charge in [0.1, 0.15) is 11.5 Å². The van der Waals surface area contributed by atoms with E-state index in [1.807, 2.05) is 36.4 Å². The first-order chi connectivity index (χ1) is 11.1. The number of rotatable bonds is 4. The molecule has 2 bridgehead atoms.